The number of phosphoric acid groups is 1. The van der Waals surface area contributed by atoms with Gasteiger partial charge in [0.05, 0.1) is 13.2 Å². The molecule has 1 amide bonds. The molecule has 9 nitrogen and oxygen atoms in total. The topological polar surface area (TPSA) is 131 Å². The molecule has 0 rings (SSSR count). The number of amides is 1. The largest absolute Gasteiger partial charge is 0.472 e. The van der Waals surface area contributed by atoms with Crippen LogP contribution in [0.25, 0.3) is 0 Å². The highest BCUT2D eigenvalue weighted by Gasteiger charge is 2.23. The molecule has 0 aliphatic carbocycles. The molecule has 0 aromatic carbocycles. The Hall–Kier alpha value is -2.55. The molecule has 0 aliphatic heterocycles. The van der Waals surface area contributed by atoms with E-state index in [0.717, 1.165) is 96.3 Å². The van der Waals surface area contributed by atoms with Crippen molar-refractivity contribution >= 4 is 19.7 Å². The lowest BCUT2D eigenvalue weighted by Crippen LogP contribution is -2.27. The van der Waals surface area contributed by atoms with Crippen LogP contribution < -0.4 is 5.32 Å². The summed E-state index contributed by atoms with van der Waals surface area (Å²) in [5.41, 5.74) is 0. The maximum absolute atomic E-state index is 12.1. The Bertz CT molecular complexity index is 1180. The van der Waals surface area contributed by atoms with Crippen LogP contribution in [-0.4, -0.2) is 54.3 Å². The predicted octanol–water partition coefficient (Wildman–Crippen LogP) is 13.0. The van der Waals surface area contributed by atoms with Gasteiger partial charge in [-0.2, -0.15) is 0 Å². The second-order valence-electron chi connectivity index (χ2n) is 15.0. The molecule has 10 heteroatoms. The quantitative estimate of drug-likeness (QED) is 0.0240. The molecule has 3 N–H and O–H groups in total. The first kappa shape index (κ1) is 55.5. The number of unbranched alkanes of at least 4 members (excludes halogenated alkanes) is 17. The normalized spacial score (nSPS) is 13.9. The van der Waals surface area contributed by atoms with Crippen molar-refractivity contribution < 1.29 is 37.9 Å². The van der Waals surface area contributed by atoms with E-state index in [2.05, 4.69) is 92.1 Å². The molecular formula is C48H84NO8P. The molecule has 2 atom stereocenters. The second kappa shape index (κ2) is 44.0. The molecule has 0 aromatic heterocycles. The van der Waals surface area contributed by atoms with Gasteiger partial charge >= 0.3 is 13.8 Å². The van der Waals surface area contributed by atoms with Crippen molar-refractivity contribution in [1.29, 1.82) is 0 Å². The van der Waals surface area contributed by atoms with Crippen molar-refractivity contribution in [3.8, 4) is 0 Å². The lowest BCUT2D eigenvalue weighted by Gasteiger charge is -2.15. The number of carbonyl (C=O) groups is 2. The molecule has 0 spiro atoms. The van der Waals surface area contributed by atoms with E-state index in [1.54, 1.807) is 0 Å². The number of ether oxygens (including phenoxy) is 1. The van der Waals surface area contributed by atoms with Crippen LogP contribution in [0, 0.1) is 0 Å². The average molecular weight is 834 g/mol. The molecule has 0 aromatic rings. The van der Waals surface area contributed by atoms with Crippen LogP contribution in [-0.2, 0) is 27.9 Å². The molecule has 334 valence electrons. The van der Waals surface area contributed by atoms with E-state index in [-0.39, 0.29) is 32.1 Å². The van der Waals surface area contributed by atoms with Gasteiger partial charge in [-0.25, -0.2) is 4.57 Å². The third-order valence-electron chi connectivity index (χ3n) is 9.36. The van der Waals surface area contributed by atoms with Gasteiger partial charge in [-0.3, -0.25) is 18.6 Å². The number of phosphoric ester groups is 1. The van der Waals surface area contributed by atoms with Crippen molar-refractivity contribution in [2.45, 2.75) is 193 Å². The number of carbonyl (C=O) groups excluding carboxylic acids is 2. The Balaban J connectivity index is 3.66. The summed E-state index contributed by atoms with van der Waals surface area (Å²) in [6.45, 7) is 3.46. The minimum absolute atomic E-state index is 0.0657. The molecule has 0 fully saturated rings. The fourth-order valence-electron chi connectivity index (χ4n) is 5.86. The first-order valence-electron chi connectivity index (χ1n) is 22.9. The van der Waals surface area contributed by atoms with Gasteiger partial charge in [0.15, 0.2) is 0 Å². The van der Waals surface area contributed by atoms with Crippen molar-refractivity contribution in [2.75, 3.05) is 26.4 Å². The number of hydrogen-bond donors (Lipinski definition) is 3. The lowest BCUT2D eigenvalue weighted by atomic mass is 10.1. The van der Waals surface area contributed by atoms with E-state index in [1.165, 1.54) is 57.8 Å². The Morgan fingerprint density at radius 3 is 1.43 bits per heavy atom. The average Bonchev–Trinajstić information content (AvgIpc) is 3.21. The Kier molecular flexibility index (Phi) is 42.1. The zero-order valence-electron chi connectivity index (χ0n) is 36.7. The first-order valence-corrected chi connectivity index (χ1v) is 24.4. The van der Waals surface area contributed by atoms with E-state index in [4.69, 9.17) is 13.8 Å². The molecule has 0 saturated heterocycles. The molecule has 2 unspecified atom stereocenters. The van der Waals surface area contributed by atoms with Crippen LogP contribution in [0.3, 0.4) is 0 Å². The number of rotatable bonds is 42. The van der Waals surface area contributed by atoms with Gasteiger partial charge in [-0.1, -0.05) is 157 Å². The molecule has 0 radical (unpaired) electrons. The summed E-state index contributed by atoms with van der Waals surface area (Å²) in [6.07, 6.45) is 54.0. The zero-order chi connectivity index (χ0) is 42.5. The van der Waals surface area contributed by atoms with Crippen LogP contribution in [0.15, 0.2) is 72.9 Å². The number of hydrogen-bond acceptors (Lipinski definition) is 7. The van der Waals surface area contributed by atoms with Gasteiger partial charge in [0, 0.05) is 19.4 Å². The van der Waals surface area contributed by atoms with Crippen LogP contribution in [0.2, 0.25) is 0 Å². The van der Waals surface area contributed by atoms with Crippen molar-refractivity contribution in [3.63, 3.8) is 0 Å². The van der Waals surface area contributed by atoms with E-state index in [0.29, 0.717) is 12.8 Å². The van der Waals surface area contributed by atoms with Crippen LogP contribution in [0.4, 0.5) is 0 Å². The fourth-order valence-corrected chi connectivity index (χ4v) is 6.62. The number of nitrogens with one attached hydrogen (secondary N) is 1. The second-order valence-corrected chi connectivity index (χ2v) is 16.5. The zero-order valence-corrected chi connectivity index (χ0v) is 37.6. The lowest BCUT2D eigenvalue weighted by molar-refractivity contribution is -0.147. The van der Waals surface area contributed by atoms with Gasteiger partial charge in [0.1, 0.15) is 12.7 Å². The summed E-state index contributed by atoms with van der Waals surface area (Å²) in [4.78, 5) is 34.0. The standard InChI is InChI=1S/C48H84NO8P/c1-3-5-7-9-11-13-15-17-19-21-22-23-24-25-26-28-30-32-34-36-38-40-47(51)49-42-43-56-58(53,54)57-45-46(50)44-55-48(52)41-39-37-35-33-31-29-27-20-18-16-14-12-10-8-6-4-2/h11,13-14,16-17,19-20,22-23,25-27,46,50H,3-10,12,15,18,21,24,28-45H2,1-2H3,(H,49,51)(H,53,54)/b13-11-,16-14-,19-17-,23-22-,26-25-,27-20-. The summed E-state index contributed by atoms with van der Waals surface area (Å²) in [5, 5.41) is 12.7. The Morgan fingerprint density at radius 2 is 0.931 bits per heavy atom. The van der Waals surface area contributed by atoms with Crippen LogP contribution in [0.5, 0.6) is 0 Å². The highest BCUT2D eigenvalue weighted by atomic mass is 31.2. The molecule has 0 saturated carbocycles. The third kappa shape index (κ3) is 44.6. The van der Waals surface area contributed by atoms with Gasteiger partial charge in [0.2, 0.25) is 5.91 Å². The van der Waals surface area contributed by atoms with Crippen molar-refractivity contribution in [1.82, 2.24) is 5.32 Å². The summed E-state index contributed by atoms with van der Waals surface area (Å²) in [5.74, 6) is -0.552. The Labute approximate surface area is 354 Å². The van der Waals surface area contributed by atoms with Crippen molar-refractivity contribution in [3.05, 3.63) is 72.9 Å². The maximum atomic E-state index is 12.1. The van der Waals surface area contributed by atoms with E-state index >= 15 is 0 Å². The molecular weight excluding hydrogens is 750 g/mol. The van der Waals surface area contributed by atoms with Gasteiger partial charge in [-0.15, -0.1) is 0 Å². The summed E-state index contributed by atoms with van der Waals surface area (Å²) in [7, 11) is -4.43. The first-order chi connectivity index (χ1) is 28.3. The smallest absolute Gasteiger partial charge is 0.463 e. The van der Waals surface area contributed by atoms with Gasteiger partial charge in [0.25, 0.3) is 0 Å². The van der Waals surface area contributed by atoms with Crippen LogP contribution in [0.1, 0.15) is 187 Å². The Morgan fingerprint density at radius 1 is 0.534 bits per heavy atom. The molecule has 0 bridgehead atoms. The highest BCUT2D eigenvalue weighted by molar-refractivity contribution is 7.47. The van der Waals surface area contributed by atoms with E-state index in [9.17, 15) is 24.2 Å². The summed E-state index contributed by atoms with van der Waals surface area (Å²) >= 11 is 0. The summed E-state index contributed by atoms with van der Waals surface area (Å²) < 4.78 is 26.9. The number of esters is 1. The summed E-state index contributed by atoms with van der Waals surface area (Å²) in [6, 6.07) is 0. The fraction of sp³-hybridized carbons (Fsp3) is 0.708. The SMILES string of the molecule is CCCCC/C=C\C/C=C\C/C=C\C/C=C\CCCCCCCC(=O)NCCOP(=O)(O)OCC(O)COC(=O)CCCCCCC/C=C\C/C=C\CCCCCC. The van der Waals surface area contributed by atoms with Gasteiger partial charge < -0.3 is 20.1 Å². The number of aliphatic hydroxyl groups is 1. The highest BCUT2D eigenvalue weighted by Crippen LogP contribution is 2.42. The van der Waals surface area contributed by atoms with Crippen molar-refractivity contribution in [2.24, 2.45) is 0 Å². The number of aliphatic hydroxyl groups excluding tert-OH is 1. The van der Waals surface area contributed by atoms with Crippen LogP contribution >= 0.6 is 7.82 Å². The number of allylic oxidation sites excluding steroid dienone is 12. The van der Waals surface area contributed by atoms with E-state index in [1.807, 2.05) is 0 Å². The molecule has 0 aliphatic rings. The molecule has 0 heterocycles. The van der Waals surface area contributed by atoms with Gasteiger partial charge in [-0.05, 0) is 89.9 Å². The minimum Gasteiger partial charge on any atom is -0.463 e. The third-order valence-corrected chi connectivity index (χ3v) is 10.3. The monoisotopic (exact) mass is 834 g/mol. The predicted molar refractivity (Wildman–Crippen MR) is 243 cm³/mol. The van der Waals surface area contributed by atoms with E-state index < -0.39 is 26.5 Å². The minimum atomic E-state index is -4.43. The maximum Gasteiger partial charge on any atom is 0.472 e. The molecule has 58 heavy (non-hydrogen) atoms.